The summed E-state index contributed by atoms with van der Waals surface area (Å²) in [5.41, 5.74) is -0.678. The Labute approximate surface area is 110 Å². The second-order valence-electron chi connectivity index (χ2n) is 5.59. The van der Waals surface area contributed by atoms with Crippen molar-refractivity contribution in [2.24, 2.45) is 0 Å². The van der Waals surface area contributed by atoms with Crippen LogP contribution in [0.3, 0.4) is 0 Å². The van der Waals surface area contributed by atoms with Crippen molar-refractivity contribution in [3.63, 3.8) is 0 Å². The van der Waals surface area contributed by atoms with Gasteiger partial charge in [0.05, 0.1) is 0 Å². The molecule has 1 aliphatic rings. The Morgan fingerprint density at radius 2 is 2.17 bits per heavy atom. The van der Waals surface area contributed by atoms with E-state index < -0.39 is 5.60 Å². The SMILES string of the molecule is COC(C)(C)C(=O)CCN1CCCCC1CCO. The van der Waals surface area contributed by atoms with Gasteiger partial charge in [0.1, 0.15) is 5.60 Å². The number of ketones is 1. The van der Waals surface area contributed by atoms with Crippen LogP contribution in [0.4, 0.5) is 0 Å². The Kier molecular flexibility index (Phi) is 6.26. The lowest BCUT2D eigenvalue weighted by Crippen LogP contribution is -2.43. The fraction of sp³-hybridized carbons (Fsp3) is 0.929. The fourth-order valence-corrected chi connectivity index (χ4v) is 2.49. The van der Waals surface area contributed by atoms with Crippen molar-refractivity contribution >= 4 is 5.78 Å². The molecule has 1 N–H and O–H groups in total. The third kappa shape index (κ3) is 4.34. The van der Waals surface area contributed by atoms with Crippen LogP contribution in [0.2, 0.25) is 0 Å². The van der Waals surface area contributed by atoms with Gasteiger partial charge in [0.2, 0.25) is 0 Å². The largest absolute Gasteiger partial charge is 0.396 e. The monoisotopic (exact) mass is 257 g/mol. The lowest BCUT2D eigenvalue weighted by molar-refractivity contribution is -0.137. The van der Waals surface area contributed by atoms with E-state index in [1.54, 1.807) is 7.11 Å². The van der Waals surface area contributed by atoms with E-state index in [4.69, 9.17) is 9.84 Å². The summed E-state index contributed by atoms with van der Waals surface area (Å²) < 4.78 is 5.21. The van der Waals surface area contributed by atoms with Gasteiger partial charge in [0, 0.05) is 32.7 Å². The lowest BCUT2D eigenvalue weighted by Gasteiger charge is -2.36. The van der Waals surface area contributed by atoms with E-state index in [2.05, 4.69) is 4.90 Å². The molecule has 0 saturated carbocycles. The molecule has 1 atom stereocenters. The zero-order chi connectivity index (χ0) is 13.6. The van der Waals surface area contributed by atoms with Crippen molar-refractivity contribution in [2.75, 3.05) is 26.8 Å². The van der Waals surface area contributed by atoms with Gasteiger partial charge in [0.15, 0.2) is 5.78 Å². The average Bonchev–Trinajstić information content (AvgIpc) is 2.37. The van der Waals surface area contributed by atoms with Crippen molar-refractivity contribution in [2.45, 2.75) is 57.6 Å². The Balaban J connectivity index is 2.43. The molecule has 1 aliphatic heterocycles. The van der Waals surface area contributed by atoms with E-state index in [9.17, 15) is 4.79 Å². The van der Waals surface area contributed by atoms with Gasteiger partial charge in [-0.2, -0.15) is 0 Å². The summed E-state index contributed by atoms with van der Waals surface area (Å²) in [5.74, 6) is 0.151. The number of ether oxygens (including phenoxy) is 1. The van der Waals surface area contributed by atoms with Gasteiger partial charge in [-0.25, -0.2) is 0 Å². The molecule has 4 heteroatoms. The molecule has 0 aliphatic carbocycles. The standard InChI is InChI=1S/C14H27NO3/c1-14(2,18-3)13(17)7-10-15-9-5-4-6-12(15)8-11-16/h12,16H,4-11H2,1-3H3. The smallest absolute Gasteiger partial charge is 0.165 e. The molecule has 1 unspecified atom stereocenters. The van der Waals surface area contributed by atoms with Gasteiger partial charge in [-0.1, -0.05) is 6.42 Å². The Hall–Kier alpha value is -0.450. The second kappa shape index (κ2) is 7.22. The number of nitrogens with zero attached hydrogens (tertiary/aromatic N) is 1. The molecule has 1 saturated heterocycles. The van der Waals surface area contributed by atoms with Crippen LogP contribution in [0, 0.1) is 0 Å². The zero-order valence-corrected chi connectivity index (χ0v) is 11.9. The number of piperidine rings is 1. The Morgan fingerprint density at radius 3 is 2.78 bits per heavy atom. The summed E-state index contributed by atoms with van der Waals surface area (Å²) >= 11 is 0. The molecule has 0 bridgehead atoms. The van der Waals surface area contributed by atoms with Gasteiger partial charge >= 0.3 is 0 Å². The van der Waals surface area contributed by atoms with Crippen LogP contribution in [-0.2, 0) is 9.53 Å². The van der Waals surface area contributed by atoms with E-state index in [1.807, 2.05) is 13.8 Å². The Bertz CT molecular complexity index is 264. The zero-order valence-electron chi connectivity index (χ0n) is 11.9. The molecule has 0 spiro atoms. The highest BCUT2D eigenvalue weighted by Crippen LogP contribution is 2.20. The maximum atomic E-state index is 12.0. The molecule has 0 aromatic heterocycles. The van der Waals surface area contributed by atoms with Crippen LogP contribution in [0.1, 0.15) is 46.0 Å². The lowest BCUT2D eigenvalue weighted by atomic mass is 9.97. The number of likely N-dealkylation sites (tertiary alicyclic amines) is 1. The minimum Gasteiger partial charge on any atom is -0.396 e. The first kappa shape index (κ1) is 15.6. The summed E-state index contributed by atoms with van der Waals surface area (Å²) in [6, 6.07) is 0.446. The first-order valence-electron chi connectivity index (χ1n) is 6.94. The molecular formula is C14H27NO3. The predicted octanol–water partition coefficient (Wildman–Crippen LogP) is 1.61. The normalized spacial score (nSPS) is 22.1. The number of hydrogen-bond donors (Lipinski definition) is 1. The summed E-state index contributed by atoms with van der Waals surface area (Å²) in [5, 5.41) is 9.07. The van der Waals surface area contributed by atoms with Crippen molar-refractivity contribution in [3.8, 4) is 0 Å². The number of aliphatic hydroxyl groups excluding tert-OH is 1. The van der Waals surface area contributed by atoms with Gasteiger partial charge in [-0.3, -0.25) is 9.69 Å². The van der Waals surface area contributed by atoms with Crippen molar-refractivity contribution in [1.82, 2.24) is 4.90 Å². The summed E-state index contributed by atoms with van der Waals surface area (Å²) in [6.07, 6.45) is 4.93. The first-order valence-corrected chi connectivity index (χ1v) is 6.94. The van der Waals surface area contributed by atoms with Gasteiger partial charge < -0.3 is 9.84 Å². The average molecular weight is 257 g/mol. The van der Waals surface area contributed by atoms with E-state index >= 15 is 0 Å². The molecule has 106 valence electrons. The van der Waals surface area contributed by atoms with E-state index in [-0.39, 0.29) is 12.4 Å². The van der Waals surface area contributed by atoms with Crippen LogP contribution in [0.15, 0.2) is 0 Å². The van der Waals surface area contributed by atoms with Crippen molar-refractivity contribution in [3.05, 3.63) is 0 Å². The number of Topliss-reactive ketones (excluding diaryl/α,β-unsaturated/α-hetero) is 1. The molecule has 0 aromatic carbocycles. The number of aliphatic hydroxyl groups is 1. The topological polar surface area (TPSA) is 49.8 Å². The summed E-state index contributed by atoms with van der Waals surface area (Å²) in [7, 11) is 1.58. The third-order valence-corrected chi connectivity index (χ3v) is 4.02. The van der Waals surface area contributed by atoms with Gasteiger partial charge in [0.25, 0.3) is 0 Å². The number of rotatable bonds is 7. The highest BCUT2D eigenvalue weighted by Gasteiger charge is 2.28. The predicted molar refractivity (Wildman–Crippen MR) is 71.6 cm³/mol. The first-order chi connectivity index (χ1) is 8.51. The number of methoxy groups -OCH3 is 1. The molecule has 0 radical (unpaired) electrons. The van der Waals surface area contributed by atoms with Crippen molar-refractivity contribution < 1.29 is 14.6 Å². The third-order valence-electron chi connectivity index (χ3n) is 4.02. The van der Waals surface area contributed by atoms with Gasteiger partial charge in [-0.05, 0) is 39.7 Å². The highest BCUT2D eigenvalue weighted by atomic mass is 16.5. The molecule has 1 fully saturated rings. The van der Waals surface area contributed by atoms with Crippen LogP contribution in [0.25, 0.3) is 0 Å². The Morgan fingerprint density at radius 1 is 1.44 bits per heavy atom. The molecular weight excluding hydrogens is 230 g/mol. The number of hydrogen-bond acceptors (Lipinski definition) is 4. The van der Waals surface area contributed by atoms with Crippen molar-refractivity contribution in [1.29, 1.82) is 0 Å². The van der Waals surface area contributed by atoms with E-state index in [0.717, 1.165) is 25.9 Å². The molecule has 4 nitrogen and oxygen atoms in total. The van der Waals surface area contributed by atoms with E-state index in [0.29, 0.717) is 12.5 Å². The minimum atomic E-state index is -0.678. The maximum absolute atomic E-state index is 12.0. The quantitative estimate of drug-likeness (QED) is 0.753. The molecule has 0 amide bonds. The van der Waals surface area contributed by atoms with Crippen LogP contribution in [-0.4, -0.2) is 54.2 Å². The molecule has 1 heterocycles. The van der Waals surface area contributed by atoms with Gasteiger partial charge in [-0.15, -0.1) is 0 Å². The molecule has 0 aromatic rings. The molecule has 18 heavy (non-hydrogen) atoms. The summed E-state index contributed by atoms with van der Waals surface area (Å²) in [4.78, 5) is 14.4. The van der Waals surface area contributed by atoms with Crippen LogP contribution < -0.4 is 0 Å². The fourth-order valence-electron chi connectivity index (χ4n) is 2.49. The molecule has 1 rings (SSSR count). The number of carbonyl (C=O) groups excluding carboxylic acids is 1. The highest BCUT2D eigenvalue weighted by molar-refractivity contribution is 5.86. The maximum Gasteiger partial charge on any atom is 0.165 e. The van der Waals surface area contributed by atoms with Crippen LogP contribution >= 0.6 is 0 Å². The number of carbonyl (C=O) groups is 1. The minimum absolute atomic E-state index is 0.151. The second-order valence-corrected chi connectivity index (χ2v) is 5.59. The summed E-state index contributed by atoms with van der Waals surface area (Å²) in [6.45, 7) is 5.70. The van der Waals surface area contributed by atoms with E-state index in [1.165, 1.54) is 12.8 Å². The van der Waals surface area contributed by atoms with Crippen LogP contribution in [0.5, 0.6) is 0 Å².